The van der Waals surface area contributed by atoms with E-state index >= 15 is 0 Å². The van der Waals surface area contributed by atoms with E-state index in [0.29, 0.717) is 5.15 Å². The summed E-state index contributed by atoms with van der Waals surface area (Å²) in [6, 6.07) is 5.41. The van der Waals surface area contributed by atoms with Crippen molar-refractivity contribution < 1.29 is 31.4 Å². The molecule has 6 heteroatoms. The average molecular weight is 289 g/mol. The summed E-state index contributed by atoms with van der Waals surface area (Å²) in [6.07, 6.45) is 1.66. The van der Waals surface area contributed by atoms with Gasteiger partial charge in [0.1, 0.15) is 5.15 Å². The number of halogens is 2. The molecule has 0 aliphatic heterocycles. The SMILES string of the molecule is Clc1ccccn1.[O-][I+2]([O-])O. The number of hydrogen-bond donors (Lipinski definition) is 1. The molecule has 1 rings (SSSR count). The van der Waals surface area contributed by atoms with Crippen LogP contribution in [-0.4, -0.2) is 8.42 Å². The Morgan fingerprint density at radius 2 is 2.00 bits per heavy atom. The van der Waals surface area contributed by atoms with Gasteiger partial charge < -0.3 is 6.87 Å². The molecule has 11 heavy (non-hydrogen) atoms. The molecule has 0 saturated heterocycles. The molecule has 0 saturated carbocycles. The first-order chi connectivity index (χ1) is 5.13. The van der Waals surface area contributed by atoms with Crippen molar-refractivity contribution in [3.05, 3.63) is 29.5 Å². The Morgan fingerprint density at radius 1 is 1.45 bits per heavy atom. The van der Waals surface area contributed by atoms with Gasteiger partial charge in [-0.25, -0.2) is 4.98 Å². The van der Waals surface area contributed by atoms with E-state index in [9.17, 15) is 0 Å². The minimum absolute atomic E-state index is 0.544. The van der Waals surface area contributed by atoms with Crippen LogP contribution in [0.1, 0.15) is 0 Å². The molecule has 4 nitrogen and oxygen atoms in total. The van der Waals surface area contributed by atoms with Crippen molar-refractivity contribution in [2.45, 2.75) is 0 Å². The first-order valence-corrected chi connectivity index (χ1v) is 5.54. The molecule has 1 heterocycles. The molecule has 0 aromatic carbocycles. The summed E-state index contributed by atoms with van der Waals surface area (Å²) >= 11 is 1.67. The Balaban J connectivity index is 0.000000218. The Morgan fingerprint density at radius 3 is 2.18 bits per heavy atom. The lowest BCUT2D eigenvalue weighted by Gasteiger charge is -1.79. The normalized spacial score (nSPS) is 8.82. The van der Waals surface area contributed by atoms with Crippen molar-refractivity contribution in [3.8, 4) is 0 Å². The fraction of sp³-hybridized carbons (Fsp3) is 0. The predicted octanol–water partition coefficient (Wildman–Crippen LogP) is -4.20. The van der Waals surface area contributed by atoms with Crippen LogP contribution in [0.4, 0.5) is 0 Å². The maximum Gasteiger partial charge on any atom is 0.503 e. The smallest absolute Gasteiger partial charge is 0.396 e. The molecule has 0 bridgehead atoms. The topological polar surface area (TPSA) is 79.2 Å². The van der Waals surface area contributed by atoms with E-state index < -0.39 is 21.1 Å². The molecule has 0 fully saturated rings. The molecular formula is C5H5ClINO3. The zero-order valence-electron chi connectivity index (χ0n) is 5.28. The van der Waals surface area contributed by atoms with Gasteiger partial charge in [0.25, 0.3) is 0 Å². The quantitative estimate of drug-likeness (QED) is 0.388. The second kappa shape index (κ2) is 6.74. The summed E-state index contributed by atoms with van der Waals surface area (Å²) < 4.78 is 24.5. The second-order valence-electron chi connectivity index (χ2n) is 1.35. The highest BCUT2D eigenvalue weighted by Crippen LogP contribution is 1.98. The van der Waals surface area contributed by atoms with Gasteiger partial charge in [0.05, 0.1) is 0 Å². The van der Waals surface area contributed by atoms with Crippen LogP contribution in [0.2, 0.25) is 5.15 Å². The molecule has 0 aliphatic carbocycles. The molecule has 62 valence electrons. The summed E-state index contributed by atoms with van der Waals surface area (Å²) in [7, 11) is 0. The van der Waals surface area contributed by atoms with Crippen LogP contribution in [0.3, 0.4) is 0 Å². The first-order valence-electron chi connectivity index (χ1n) is 2.44. The van der Waals surface area contributed by atoms with E-state index in [-0.39, 0.29) is 0 Å². The van der Waals surface area contributed by atoms with Crippen LogP contribution in [0, 0.1) is 0 Å². The van der Waals surface area contributed by atoms with Gasteiger partial charge in [0, 0.05) is 6.20 Å². The van der Waals surface area contributed by atoms with E-state index in [2.05, 4.69) is 4.98 Å². The van der Waals surface area contributed by atoms with Crippen molar-refractivity contribution >= 4 is 11.6 Å². The van der Waals surface area contributed by atoms with Crippen LogP contribution >= 0.6 is 11.6 Å². The van der Waals surface area contributed by atoms with E-state index in [0.717, 1.165) is 0 Å². The van der Waals surface area contributed by atoms with Gasteiger partial charge in [-0.05, 0) is 15.6 Å². The highest BCUT2D eigenvalue weighted by Gasteiger charge is 1.89. The third-order valence-corrected chi connectivity index (χ3v) is 0.852. The second-order valence-corrected chi connectivity index (χ2v) is 2.89. The predicted molar refractivity (Wildman–Crippen MR) is 31.5 cm³/mol. The summed E-state index contributed by atoms with van der Waals surface area (Å²) in [5.41, 5.74) is 0. The van der Waals surface area contributed by atoms with Gasteiger partial charge in [-0.15, -0.1) is 0 Å². The monoisotopic (exact) mass is 289 g/mol. The lowest BCUT2D eigenvalue weighted by molar-refractivity contribution is -1.63. The van der Waals surface area contributed by atoms with E-state index in [1.54, 1.807) is 12.3 Å². The molecule has 0 radical (unpaired) electrons. The Bertz CT molecular complexity index is 182. The van der Waals surface area contributed by atoms with Gasteiger partial charge in [-0.2, -0.15) is 0 Å². The summed E-state index contributed by atoms with van der Waals surface area (Å²) in [5.74, 6) is 0. The van der Waals surface area contributed by atoms with Crippen molar-refractivity contribution in [2.75, 3.05) is 0 Å². The van der Waals surface area contributed by atoms with Crippen molar-refractivity contribution in [3.63, 3.8) is 0 Å². The number of pyridine rings is 1. The number of nitrogens with zero attached hydrogens (tertiary/aromatic N) is 1. The van der Waals surface area contributed by atoms with Gasteiger partial charge in [0.15, 0.2) is 0 Å². The Kier molecular flexibility index (Phi) is 6.77. The van der Waals surface area contributed by atoms with E-state index in [1.807, 2.05) is 12.1 Å². The highest BCUT2D eigenvalue weighted by molar-refractivity contribution is 6.29. The third kappa shape index (κ3) is 10.1. The van der Waals surface area contributed by atoms with Crippen LogP contribution in [0.5, 0.6) is 0 Å². The summed E-state index contributed by atoms with van der Waals surface area (Å²) in [5, 5.41) is 0.544. The van der Waals surface area contributed by atoms with Crippen LogP contribution < -0.4 is 27.9 Å². The molecule has 1 aromatic heterocycles. The fourth-order valence-electron chi connectivity index (χ4n) is 0.342. The number of rotatable bonds is 0. The molecule has 1 N–H and O–H groups in total. The number of aromatic nitrogens is 1. The highest BCUT2D eigenvalue weighted by atomic mass is 127. The molecule has 0 atom stereocenters. The lowest BCUT2D eigenvalue weighted by Crippen LogP contribution is -3.98. The molecule has 0 spiro atoms. The lowest BCUT2D eigenvalue weighted by atomic mass is 10.5. The molecule has 0 unspecified atom stereocenters. The molecule has 0 aliphatic rings. The Hall–Kier alpha value is 0.0500. The maximum atomic E-state index is 8.68. The van der Waals surface area contributed by atoms with Gasteiger partial charge in [0.2, 0.25) is 0 Å². The summed E-state index contributed by atoms with van der Waals surface area (Å²) in [6.45, 7) is 0. The van der Waals surface area contributed by atoms with Crippen LogP contribution in [-0.2, 0) is 0 Å². The molecule has 1 aromatic rings. The Labute approximate surface area is 77.5 Å². The molecule has 0 amide bonds. The van der Waals surface area contributed by atoms with Gasteiger partial charge >= 0.3 is 21.1 Å². The maximum absolute atomic E-state index is 8.68. The zero-order valence-corrected chi connectivity index (χ0v) is 8.19. The molecular weight excluding hydrogens is 284 g/mol. The zero-order chi connectivity index (χ0) is 8.69. The van der Waals surface area contributed by atoms with E-state index in [4.69, 9.17) is 21.9 Å². The first kappa shape index (κ1) is 11.1. The van der Waals surface area contributed by atoms with Crippen molar-refractivity contribution in [2.24, 2.45) is 0 Å². The average Bonchev–Trinajstić information content (AvgIpc) is 1.87. The van der Waals surface area contributed by atoms with E-state index in [1.165, 1.54) is 0 Å². The standard InChI is InChI=1S/C5H4ClN.HIO3/c6-5-3-1-2-4-7-5;2-1(3)4/h1-4H;2H. The minimum atomic E-state index is -3.76. The number of hydrogen-bond acceptors (Lipinski definition) is 4. The van der Waals surface area contributed by atoms with Crippen LogP contribution in [0.25, 0.3) is 0 Å². The van der Waals surface area contributed by atoms with Crippen molar-refractivity contribution in [1.29, 1.82) is 0 Å². The van der Waals surface area contributed by atoms with Crippen LogP contribution in [0.15, 0.2) is 24.4 Å². The van der Waals surface area contributed by atoms with Crippen molar-refractivity contribution in [1.82, 2.24) is 4.98 Å². The summed E-state index contributed by atoms with van der Waals surface area (Å²) in [4.78, 5) is 3.74. The fourth-order valence-corrected chi connectivity index (χ4v) is 0.471. The third-order valence-electron chi connectivity index (χ3n) is 0.629. The van der Waals surface area contributed by atoms with Gasteiger partial charge in [-0.1, -0.05) is 17.7 Å². The van der Waals surface area contributed by atoms with Gasteiger partial charge in [-0.3, -0.25) is 0 Å². The minimum Gasteiger partial charge on any atom is -0.396 e. The largest absolute Gasteiger partial charge is 0.503 e.